The van der Waals surface area contributed by atoms with Gasteiger partial charge in [-0.15, -0.1) is 0 Å². The van der Waals surface area contributed by atoms with Crippen LogP contribution < -0.4 is 9.47 Å². The van der Waals surface area contributed by atoms with Gasteiger partial charge in [0.2, 0.25) is 10.0 Å². The standard InChI is InChI=1S/C19H21N3O4S/c1-21(12-15-13-25-18-8-4-5-9-19(18)26-15)27(23,24)11-10-22-14-20-16-6-2-3-7-17(16)22/h2-9,14-15H,10-13H2,1H3/t15-/m0/s1. The Kier molecular flexibility index (Phi) is 4.75. The first kappa shape index (κ1) is 17.8. The lowest BCUT2D eigenvalue weighted by atomic mass is 10.2. The number of sulfonamides is 1. The maximum atomic E-state index is 12.7. The van der Waals surface area contributed by atoms with Gasteiger partial charge in [0.1, 0.15) is 12.7 Å². The van der Waals surface area contributed by atoms with Crippen LogP contribution in [0.3, 0.4) is 0 Å². The molecule has 3 aromatic rings. The van der Waals surface area contributed by atoms with Gasteiger partial charge in [0.25, 0.3) is 0 Å². The predicted octanol–water partition coefficient (Wildman–Crippen LogP) is 2.14. The quantitative estimate of drug-likeness (QED) is 0.648. The third kappa shape index (κ3) is 3.77. The molecule has 0 fully saturated rings. The highest BCUT2D eigenvalue weighted by atomic mass is 32.2. The van der Waals surface area contributed by atoms with E-state index >= 15 is 0 Å². The Morgan fingerprint density at radius 3 is 2.74 bits per heavy atom. The monoisotopic (exact) mass is 387 g/mol. The molecule has 142 valence electrons. The molecule has 1 aliphatic heterocycles. The van der Waals surface area contributed by atoms with Crippen molar-refractivity contribution >= 4 is 21.1 Å². The number of nitrogens with zero attached hydrogens (tertiary/aromatic N) is 3. The van der Waals surface area contributed by atoms with Crippen LogP contribution in [0.4, 0.5) is 0 Å². The molecule has 1 aromatic heterocycles. The Hall–Kier alpha value is -2.58. The van der Waals surface area contributed by atoms with E-state index in [0.717, 1.165) is 11.0 Å². The van der Waals surface area contributed by atoms with E-state index in [1.54, 1.807) is 13.4 Å². The van der Waals surface area contributed by atoms with Gasteiger partial charge in [0.05, 0.1) is 29.7 Å². The number of imidazole rings is 1. The molecule has 0 N–H and O–H groups in total. The molecule has 0 saturated heterocycles. The molecule has 0 aliphatic carbocycles. The Balaban J connectivity index is 1.38. The fourth-order valence-corrected chi connectivity index (χ4v) is 4.24. The van der Waals surface area contributed by atoms with E-state index in [9.17, 15) is 8.42 Å². The van der Waals surface area contributed by atoms with Crippen LogP contribution in [0.25, 0.3) is 11.0 Å². The van der Waals surface area contributed by atoms with Crippen molar-refractivity contribution in [2.75, 3.05) is 26.0 Å². The Labute approximate surface area is 158 Å². The summed E-state index contributed by atoms with van der Waals surface area (Å²) in [5, 5.41) is 0. The minimum atomic E-state index is -3.43. The summed E-state index contributed by atoms with van der Waals surface area (Å²) in [5.41, 5.74) is 1.78. The third-order valence-electron chi connectivity index (χ3n) is 4.62. The highest BCUT2D eigenvalue weighted by Gasteiger charge is 2.26. The zero-order chi connectivity index (χ0) is 18.9. The average molecular weight is 387 g/mol. The molecule has 1 atom stereocenters. The first-order valence-corrected chi connectivity index (χ1v) is 10.4. The maximum Gasteiger partial charge on any atom is 0.215 e. The van der Waals surface area contributed by atoms with Crippen molar-refractivity contribution in [3.05, 3.63) is 54.9 Å². The predicted molar refractivity (Wildman–Crippen MR) is 103 cm³/mol. The van der Waals surface area contributed by atoms with Crippen molar-refractivity contribution in [3.8, 4) is 11.5 Å². The van der Waals surface area contributed by atoms with Crippen LogP contribution >= 0.6 is 0 Å². The number of hydrogen-bond acceptors (Lipinski definition) is 5. The molecule has 0 bridgehead atoms. The van der Waals surface area contributed by atoms with Crippen molar-refractivity contribution in [2.45, 2.75) is 12.6 Å². The highest BCUT2D eigenvalue weighted by molar-refractivity contribution is 7.89. The molecule has 0 saturated carbocycles. The molecule has 1 aliphatic rings. The van der Waals surface area contributed by atoms with Crippen LogP contribution in [0.1, 0.15) is 0 Å². The number of aryl methyl sites for hydroxylation is 1. The van der Waals surface area contributed by atoms with E-state index in [4.69, 9.17) is 9.47 Å². The largest absolute Gasteiger partial charge is 0.486 e. The van der Waals surface area contributed by atoms with Gasteiger partial charge in [0.15, 0.2) is 11.5 Å². The number of ether oxygens (including phenoxy) is 2. The zero-order valence-corrected chi connectivity index (χ0v) is 15.8. The van der Waals surface area contributed by atoms with E-state index in [2.05, 4.69) is 4.98 Å². The molecule has 7 nitrogen and oxygen atoms in total. The number of likely N-dealkylation sites (N-methyl/N-ethyl adjacent to an activating group) is 1. The molecule has 27 heavy (non-hydrogen) atoms. The van der Waals surface area contributed by atoms with E-state index < -0.39 is 10.0 Å². The fourth-order valence-electron chi connectivity index (χ4n) is 3.11. The molecule has 0 radical (unpaired) electrons. The van der Waals surface area contributed by atoms with Crippen LogP contribution in [0.2, 0.25) is 0 Å². The van der Waals surface area contributed by atoms with Crippen molar-refractivity contribution < 1.29 is 17.9 Å². The van der Waals surface area contributed by atoms with Crippen molar-refractivity contribution in [2.24, 2.45) is 0 Å². The summed E-state index contributed by atoms with van der Waals surface area (Å²) in [5.74, 6) is 1.32. The Morgan fingerprint density at radius 1 is 1.15 bits per heavy atom. The van der Waals surface area contributed by atoms with Crippen LogP contribution in [0.5, 0.6) is 11.5 Å². The minimum absolute atomic E-state index is 0.00593. The Bertz CT molecular complexity index is 1050. The van der Waals surface area contributed by atoms with E-state index in [0.29, 0.717) is 24.7 Å². The first-order valence-electron chi connectivity index (χ1n) is 8.75. The Morgan fingerprint density at radius 2 is 1.89 bits per heavy atom. The zero-order valence-electron chi connectivity index (χ0n) is 15.0. The molecular formula is C19H21N3O4S. The summed E-state index contributed by atoms with van der Waals surface area (Å²) >= 11 is 0. The topological polar surface area (TPSA) is 73.7 Å². The molecule has 2 aromatic carbocycles. The summed E-state index contributed by atoms with van der Waals surface area (Å²) in [6, 6.07) is 15.1. The summed E-state index contributed by atoms with van der Waals surface area (Å²) in [6.07, 6.45) is 1.34. The van der Waals surface area contributed by atoms with Gasteiger partial charge in [-0.05, 0) is 24.3 Å². The molecule has 8 heteroatoms. The number of benzene rings is 2. The molecule has 0 spiro atoms. The number of hydrogen-bond donors (Lipinski definition) is 0. The SMILES string of the molecule is CN(C[C@H]1COc2ccccc2O1)S(=O)(=O)CCn1cnc2ccccc21. The first-order chi connectivity index (χ1) is 13.0. The minimum Gasteiger partial charge on any atom is -0.486 e. The highest BCUT2D eigenvalue weighted by Crippen LogP contribution is 2.31. The maximum absolute atomic E-state index is 12.7. The lowest BCUT2D eigenvalue weighted by Gasteiger charge is -2.29. The molecule has 4 rings (SSSR count). The molecule has 2 heterocycles. The number of para-hydroxylation sites is 4. The van der Waals surface area contributed by atoms with Crippen molar-refractivity contribution in [1.82, 2.24) is 13.9 Å². The normalized spacial score (nSPS) is 16.7. The van der Waals surface area contributed by atoms with E-state index in [1.165, 1.54) is 4.31 Å². The van der Waals surface area contributed by atoms with E-state index in [1.807, 2.05) is 53.1 Å². The molecular weight excluding hydrogens is 366 g/mol. The van der Waals surface area contributed by atoms with Gasteiger partial charge in [-0.25, -0.2) is 17.7 Å². The summed E-state index contributed by atoms with van der Waals surface area (Å²) in [4.78, 5) is 4.30. The van der Waals surface area contributed by atoms with Gasteiger partial charge < -0.3 is 14.0 Å². The average Bonchev–Trinajstić information content (AvgIpc) is 3.09. The van der Waals surface area contributed by atoms with Crippen molar-refractivity contribution in [1.29, 1.82) is 0 Å². The second-order valence-electron chi connectivity index (χ2n) is 6.52. The van der Waals surface area contributed by atoms with Gasteiger partial charge in [0, 0.05) is 13.6 Å². The lowest BCUT2D eigenvalue weighted by Crippen LogP contribution is -2.42. The van der Waals surface area contributed by atoms with Gasteiger partial charge in [-0.2, -0.15) is 0 Å². The van der Waals surface area contributed by atoms with Crippen LogP contribution in [0.15, 0.2) is 54.9 Å². The molecule has 0 unspecified atom stereocenters. The number of rotatable bonds is 6. The fraction of sp³-hybridized carbons (Fsp3) is 0.316. The van der Waals surface area contributed by atoms with Gasteiger partial charge >= 0.3 is 0 Å². The van der Waals surface area contributed by atoms with Gasteiger partial charge in [-0.1, -0.05) is 24.3 Å². The van der Waals surface area contributed by atoms with Crippen LogP contribution in [-0.2, 0) is 16.6 Å². The smallest absolute Gasteiger partial charge is 0.215 e. The van der Waals surface area contributed by atoms with Crippen LogP contribution in [0, 0.1) is 0 Å². The lowest BCUT2D eigenvalue weighted by molar-refractivity contribution is 0.0798. The third-order valence-corrected chi connectivity index (χ3v) is 6.42. The second kappa shape index (κ2) is 7.21. The summed E-state index contributed by atoms with van der Waals surface area (Å²) < 4.78 is 40.1. The van der Waals surface area contributed by atoms with Crippen LogP contribution in [-0.4, -0.2) is 54.3 Å². The van der Waals surface area contributed by atoms with E-state index in [-0.39, 0.29) is 18.4 Å². The number of aromatic nitrogens is 2. The van der Waals surface area contributed by atoms with Gasteiger partial charge in [-0.3, -0.25) is 0 Å². The second-order valence-corrected chi connectivity index (χ2v) is 8.72. The van der Waals surface area contributed by atoms with Crippen molar-refractivity contribution in [3.63, 3.8) is 0 Å². The number of fused-ring (bicyclic) bond motifs is 2. The summed E-state index contributed by atoms with van der Waals surface area (Å²) in [6.45, 7) is 0.905. The summed E-state index contributed by atoms with van der Waals surface area (Å²) in [7, 11) is -1.86. The molecule has 0 amide bonds.